The summed E-state index contributed by atoms with van der Waals surface area (Å²) in [6, 6.07) is 14.6. The third-order valence-electron chi connectivity index (χ3n) is 13.2. The monoisotopic (exact) mass is 885 g/mol. The first-order chi connectivity index (χ1) is 29.8. The molecule has 4 fully saturated rings. The van der Waals surface area contributed by atoms with Gasteiger partial charge in [-0.2, -0.15) is 0 Å². The molecule has 4 aliphatic heterocycles. The van der Waals surface area contributed by atoms with E-state index in [-0.39, 0.29) is 57.9 Å². The zero-order valence-electron chi connectivity index (χ0n) is 35.4. The summed E-state index contributed by atoms with van der Waals surface area (Å²) in [5, 5.41) is 3.25. The van der Waals surface area contributed by atoms with Crippen LogP contribution in [0.25, 0.3) is 21.8 Å². The average Bonchev–Trinajstić information content (AvgIpc) is 3.72. The van der Waals surface area contributed by atoms with Crippen LogP contribution in [0.2, 0.25) is 0 Å². The van der Waals surface area contributed by atoms with Gasteiger partial charge in [0, 0.05) is 67.9 Å². The molecule has 0 spiro atoms. The Hall–Kier alpha value is -5.00. The van der Waals surface area contributed by atoms with Crippen LogP contribution in [0.3, 0.4) is 0 Å². The number of sulfonamides is 1. The van der Waals surface area contributed by atoms with E-state index in [0.717, 1.165) is 69.0 Å². The summed E-state index contributed by atoms with van der Waals surface area (Å²) in [4.78, 5) is 58.9. The molecule has 17 heteroatoms. The van der Waals surface area contributed by atoms with Crippen LogP contribution < -0.4 is 20.7 Å². The lowest BCUT2D eigenvalue weighted by Crippen LogP contribution is -2.48. The van der Waals surface area contributed by atoms with Crippen molar-refractivity contribution in [2.24, 2.45) is 11.8 Å². The van der Waals surface area contributed by atoms with Crippen molar-refractivity contribution in [3.05, 3.63) is 71.1 Å². The molecule has 2 aromatic heterocycles. The van der Waals surface area contributed by atoms with E-state index in [4.69, 9.17) is 10.7 Å². The van der Waals surface area contributed by atoms with Crippen molar-refractivity contribution in [3.63, 3.8) is 0 Å². The van der Waals surface area contributed by atoms with Crippen LogP contribution in [-0.2, 0) is 29.8 Å². The molecular formula is C45H56FN9O5S2. The fraction of sp³-hybridized carbons (Fsp3) is 0.511. The number of thiazole rings is 1. The van der Waals surface area contributed by atoms with E-state index in [0.29, 0.717) is 67.4 Å². The van der Waals surface area contributed by atoms with Crippen molar-refractivity contribution >= 4 is 56.4 Å². The highest BCUT2D eigenvalue weighted by molar-refractivity contribution is 7.92. The van der Waals surface area contributed by atoms with Gasteiger partial charge in [-0.25, -0.2) is 27.8 Å². The number of aromatic nitrogens is 3. The lowest BCUT2D eigenvalue weighted by atomic mass is 9.80. The Labute approximate surface area is 366 Å². The van der Waals surface area contributed by atoms with Gasteiger partial charge in [0.2, 0.25) is 33.7 Å². The molecule has 4 N–H and O–H groups in total. The first-order valence-corrected chi connectivity index (χ1v) is 24.4. The molecule has 1 atom stereocenters. The summed E-state index contributed by atoms with van der Waals surface area (Å²) in [7, 11) is -3.74. The van der Waals surface area contributed by atoms with Gasteiger partial charge in [-0.1, -0.05) is 32.0 Å². The normalized spacial score (nSPS) is 20.6. The van der Waals surface area contributed by atoms with E-state index in [9.17, 15) is 22.8 Å². The Bertz CT molecular complexity index is 2390. The number of carbonyl (C=O) groups excluding carboxylic acids is 3. The van der Waals surface area contributed by atoms with Gasteiger partial charge in [0.05, 0.1) is 38.6 Å². The number of likely N-dealkylation sites (tertiary alicyclic amines) is 2. The number of hydrogen-bond acceptors (Lipinski definition) is 12. The van der Waals surface area contributed by atoms with Crippen LogP contribution in [0.1, 0.15) is 88.1 Å². The van der Waals surface area contributed by atoms with Gasteiger partial charge in [-0.15, -0.1) is 11.3 Å². The standard InChI is InChI=1S/C45H56FN9O5S2/c1-3-27-62(59,60)52-35-6-4-5-34(38(35)46)39-40(36-13-20-48-44(47)49-36)61-43(51-39)45(2)18-25-55(26-19-45)42(58)31-16-21-53(22-17-31)28-29-14-23-54(24-15-29)32-9-7-30(8-10-32)33-11-12-37(56)50-41(33)57/h4-10,13,20,29,31,33,52H,3,11-12,14-19,21-28H2,1-2H3,(H2,47,48,49)(H,50,56,57)/t33-/m0/s1. The van der Waals surface area contributed by atoms with Gasteiger partial charge < -0.3 is 20.4 Å². The molecule has 6 heterocycles. The lowest BCUT2D eigenvalue weighted by Gasteiger charge is -2.41. The first-order valence-electron chi connectivity index (χ1n) is 21.9. The molecule has 4 saturated heterocycles. The highest BCUT2D eigenvalue weighted by Crippen LogP contribution is 2.45. The SMILES string of the molecule is CCCS(=O)(=O)Nc1cccc(-c2nc(C3(C)CCN(C(=O)C4CCN(CC5CCN(c6ccc([C@@H]7CCC(=O)NC7=O)cc6)CC5)CC4)CC3)sc2-c2ccnc(N)n2)c1F. The number of nitrogen functional groups attached to an aromatic ring is 1. The first kappa shape index (κ1) is 43.6. The van der Waals surface area contributed by atoms with Crippen molar-refractivity contribution in [1.82, 2.24) is 30.1 Å². The zero-order valence-corrected chi connectivity index (χ0v) is 37.1. The predicted molar refractivity (Wildman–Crippen MR) is 239 cm³/mol. The van der Waals surface area contributed by atoms with Gasteiger partial charge in [0.25, 0.3) is 0 Å². The van der Waals surface area contributed by atoms with E-state index >= 15 is 4.39 Å². The molecule has 4 aliphatic rings. The molecule has 14 nitrogen and oxygen atoms in total. The number of halogens is 1. The lowest BCUT2D eigenvalue weighted by molar-refractivity contribution is -0.139. The number of carbonyl (C=O) groups is 3. The number of anilines is 3. The van der Waals surface area contributed by atoms with E-state index in [1.807, 2.05) is 17.0 Å². The van der Waals surface area contributed by atoms with E-state index in [1.165, 1.54) is 23.1 Å². The fourth-order valence-electron chi connectivity index (χ4n) is 9.44. The van der Waals surface area contributed by atoms with Crippen LogP contribution in [-0.4, -0.2) is 102 Å². The fourth-order valence-corrected chi connectivity index (χ4v) is 11.8. The molecular weight excluding hydrogens is 830 g/mol. The summed E-state index contributed by atoms with van der Waals surface area (Å²) in [5.41, 5.74) is 8.57. The summed E-state index contributed by atoms with van der Waals surface area (Å²) >= 11 is 1.42. The van der Waals surface area contributed by atoms with Crippen molar-refractivity contribution < 1.29 is 27.2 Å². The molecule has 330 valence electrons. The van der Waals surface area contributed by atoms with Gasteiger partial charge >= 0.3 is 0 Å². The Morgan fingerprint density at radius 1 is 0.968 bits per heavy atom. The molecule has 2 aromatic carbocycles. The van der Waals surface area contributed by atoms with Crippen molar-refractivity contribution in [3.8, 4) is 21.8 Å². The zero-order chi connectivity index (χ0) is 43.6. The minimum Gasteiger partial charge on any atom is -0.372 e. The number of imide groups is 1. The Morgan fingerprint density at radius 3 is 2.37 bits per heavy atom. The van der Waals surface area contributed by atoms with Crippen LogP contribution >= 0.6 is 11.3 Å². The molecule has 3 amide bonds. The summed E-state index contributed by atoms with van der Waals surface area (Å²) in [6.07, 6.45) is 8.17. The molecule has 62 heavy (non-hydrogen) atoms. The minimum atomic E-state index is -3.74. The maximum absolute atomic E-state index is 16.2. The van der Waals surface area contributed by atoms with E-state index < -0.39 is 15.8 Å². The molecule has 0 unspecified atom stereocenters. The number of nitrogens with zero attached hydrogens (tertiary/aromatic N) is 6. The Kier molecular flexibility index (Phi) is 12.9. The smallest absolute Gasteiger partial charge is 0.234 e. The molecule has 0 saturated carbocycles. The number of piperidine rings is 4. The topological polar surface area (TPSA) is 184 Å². The number of nitrogens with one attached hydrogen (secondary N) is 2. The van der Waals surface area contributed by atoms with Gasteiger partial charge in [0.15, 0.2) is 5.82 Å². The van der Waals surface area contributed by atoms with Gasteiger partial charge in [-0.05, 0) is 106 Å². The van der Waals surface area contributed by atoms with E-state index in [1.54, 1.807) is 31.3 Å². The van der Waals surface area contributed by atoms with E-state index in [2.05, 4.69) is 48.9 Å². The van der Waals surface area contributed by atoms with Crippen molar-refractivity contribution in [2.75, 3.05) is 66.9 Å². The second-order valence-electron chi connectivity index (χ2n) is 17.6. The molecule has 0 aliphatic carbocycles. The van der Waals surface area contributed by atoms with Crippen LogP contribution in [0, 0.1) is 17.7 Å². The third kappa shape index (κ3) is 9.64. The quantitative estimate of drug-likeness (QED) is 0.138. The molecule has 4 aromatic rings. The number of amides is 3. The maximum Gasteiger partial charge on any atom is 0.234 e. The largest absolute Gasteiger partial charge is 0.372 e. The van der Waals surface area contributed by atoms with Crippen LogP contribution in [0.15, 0.2) is 54.7 Å². The molecule has 8 rings (SSSR count). The van der Waals surface area contributed by atoms with Gasteiger partial charge in [0.1, 0.15) is 0 Å². The van der Waals surface area contributed by atoms with Crippen molar-refractivity contribution in [2.45, 2.75) is 83.0 Å². The van der Waals surface area contributed by atoms with Gasteiger partial charge in [-0.3, -0.25) is 24.4 Å². The Morgan fingerprint density at radius 2 is 1.69 bits per heavy atom. The number of benzene rings is 2. The molecule has 0 bridgehead atoms. The predicted octanol–water partition coefficient (Wildman–Crippen LogP) is 6.17. The molecule has 0 radical (unpaired) electrons. The highest BCUT2D eigenvalue weighted by Gasteiger charge is 2.39. The van der Waals surface area contributed by atoms with Crippen molar-refractivity contribution in [1.29, 1.82) is 0 Å². The minimum absolute atomic E-state index is 0.00638. The number of hydrogen-bond donors (Lipinski definition) is 3. The number of rotatable bonds is 12. The van der Waals surface area contributed by atoms with Crippen LogP contribution in [0.4, 0.5) is 21.7 Å². The maximum atomic E-state index is 16.2. The highest BCUT2D eigenvalue weighted by atomic mass is 32.2. The van der Waals surface area contributed by atoms with Crippen LogP contribution in [0.5, 0.6) is 0 Å². The summed E-state index contributed by atoms with van der Waals surface area (Å²) in [6.45, 7) is 9.94. The third-order valence-corrected chi connectivity index (χ3v) is 16.0. The Balaban J connectivity index is 0.847. The summed E-state index contributed by atoms with van der Waals surface area (Å²) in [5.74, 6) is -0.604. The second kappa shape index (κ2) is 18.4. The average molecular weight is 886 g/mol. The number of nitrogens with two attached hydrogens (primary N) is 1. The summed E-state index contributed by atoms with van der Waals surface area (Å²) < 4.78 is 43.7. The second-order valence-corrected chi connectivity index (χ2v) is 20.4.